The Morgan fingerprint density at radius 1 is 1.18 bits per heavy atom. The zero-order valence-corrected chi connectivity index (χ0v) is 9.76. The van der Waals surface area contributed by atoms with E-state index < -0.39 is 0 Å². The minimum Gasteiger partial charge on any atom is -0.439 e. The number of aromatic nitrogens is 2. The van der Waals surface area contributed by atoms with Crippen molar-refractivity contribution >= 4 is 0 Å². The van der Waals surface area contributed by atoms with E-state index in [1.165, 1.54) is 6.33 Å². The Bertz CT molecular complexity index is 482. The first-order valence-electron chi connectivity index (χ1n) is 5.59. The lowest BCUT2D eigenvalue weighted by Crippen LogP contribution is -1.96. The van der Waals surface area contributed by atoms with Crippen molar-refractivity contribution in [2.75, 3.05) is 0 Å². The van der Waals surface area contributed by atoms with Crippen LogP contribution in [0.5, 0.6) is 11.6 Å². The number of nitrogens with two attached hydrogens (primary N) is 1. The van der Waals surface area contributed by atoms with E-state index in [-0.39, 0.29) is 0 Å². The maximum atomic E-state index is 5.63. The number of benzene rings is 1. The molecule has 0 spiro atoms. The number of hydrogen-bond donors (Lipinski definition) is 1. The van der Waals surface area contributed by atoms with Crippen LogP contribution in [0, 0.1) is 0 Å². The lowest BCUT2D eigenvalue weighted by atomic mass is 10.2. The molecular formula is C13H15N3O. The molecule has 0 amide bonds. The van der Waals surface area contributed by atoms with Gasteiger partial charge in [0.25, 0.3) is 0 Å². The van der Waals surface area contributed by atoms with Crippen LogP contribution >= 0.6 is 0 Å². The van der Waals surface area contributed by atoms with Gasteiger partial charge in [-0.15, -0.1) is 0 Å². The second kappa shape index (κ2) is 5.41. The molecule has 0 atom stereocenters. The fourth-order valence-corrected chi connectivity index (χ4v) is 1.44. The third kappa shape index (κ3) is 3.01. The molecule has 2 rings (SSSR count). The van der Waals surface area contributed by atoms with Gasteiger partial charge in [-0.3, -0.25) is 0 Å². The first-order valence-corrected chi connectivity index (χ1v) is 5.59. The third-order valence-corrected chi connectivity index (χ3v) is 2.44. The summed E-state index contributed by atoms with van der Waals surface area (Å²) >= 11 is 0. The van der Waals surface area contributed by atoms with E-state index in [4.69, 9.17) is 10.5 Å². The second-order valence-electron chi connectivity index (χ2n) is 3.65. The summed E-state index contributed by atoms with van der Waals surface area (Å²) in [6.07, 6.45) is 2.38. The molecule has 2 aromatic rings. The van der Waals surface area contributed by atoms with Crippen molar-refractivity contribution in [1.82, 2.24) is 9.97 Å². The minimum absolute atomic E-state index is 0.535. The summed E-state index contributed by atoms with van der Waals surface area (Å²) in [6, 6.07) is 9.50. The van der Waals surface area contributed by atoms with Crippen molar-refractivity contribution in [3.63, 3.8) is 0 Å². The standard InChI is InChI=1S/C13H15N3O/c1-2-11-7-13(16-9-15-11)17-12-5-3-10(8-14)4-6-12/h3-7,9H,2,8,14H2,1H3. The van der Waals surface area contributed by atoms with Gasteiger partial charge in [-0.05, 0) is 24.1 Å². The van der Waals surface area contributed by atoms with Gasteiger partial charge in [0.15, 0.2) is 0 Å². The smallest absolute Gasteiger partial charge is 0.222 e. The van der Waals surface area contributed by atoms with Crippen LogP contribution in [0.15, 0.2) is 36.7 Å². The summed E-state index contributed by atoms with van der Waals surface area (Å²) in [5.74, 6) is 1.32. The summed E-state index contributed by atoms with van der Waals surface area (Å²) in [4.78, 5) is 8.19. The Hall–Kier alpha value is -1.94. The number of ether oxygens (including phenoxy) is 1. The largest absolute Gasteiger partial charge is 0.439 e. The van der Waals surface area contributed by atoms with Crippen LogP contribution in [-0.4, -0.2) is 9.97 Å². The molecule has 88 valence electrons. The first kappa shape index (κ1) is 11.5. The highest BCUT2D eigenvalue weighted by atomic mass is 16.5. The van der Waals surface area contributed by atoms with Crippen molar-refractivity contribution in [1.29, 1.82) is 0 Å². The minimum atomic E-state index is 0.535. The highest BCUT2D eigenvalue weighted by Gasteiger charge is 2.00. The van der Waals surface area contributed by atoms with Crippen molar-refractivity contribution in [2.45, 2.75) is 19.9 Å². The molecule has 4 heteroatoms. The van der Waals surface area contributed by atoms with Crippen molar-refractivity contribution in [2.24, 2.45) is 5.73 Å². The fourth-order valence-electron chi connectivity index (χ4n) is 1.44. The van der Waals surface area contributed by atoms with Gasteiger partial charge < -0.3 is 10.5 Å². The monoisotopic (exact) mass is 229 g/mol. The highest BCUT2D eigenvalue weighted by Crippen LogP contribution is 2.19. The molecule has 0 aliphatic carbocycles. The predicted molar refractivity (Wildman–Crippen MR) is 65.8 cm³/mol. The Kier molecular flexibility index (Phi) is 3.67. The van der Waals surface area contributed by atoms with Gasteiger partial charge in [0.05, 0.1) is 0 Å². The molecule has 1 aromatic carbocycles. The lowest BCUT2D eigenvalue weighted by molar-refractivity contribution is 0.460. The van der Waals surface area contributed by atoms with E-state index >= 15 is 0 Å². The van der Waals surface area contributed by atoms with E-state index in [1.54, 1.807) is 0 Å². The molecule has 0 aliphatic heterocycles. The van der Waals surface area contributed by atoms with Crippen molar-refractivity contribution < 1.29 is 4.74 Å². The number of nitrogens with zero attached hydrogens (tertiary/aromatic N) is 2. The summed E-state index contributed by atoms with van der Waals surface area (Å²) in [7, 11) is 0. The highest BCUT2D eigenvalue weighted by molar-refractivity contribution is 5.30. The normalized spacial score (nSPS) is 10.2. The molecule has 0 aliphatic rings. The Balaban J connectivity index is 2.13. The number of rotatable bonds is 4. The van der Waals surface area contributed by atoms with E-state index in [1.807, 2.05) is 37.3 Å². The Morgan fingerprint density at radius 3 is 2.59 bits per heavy atom. The predicted octanol–water partition coefficient (Wildman–Crippen LogP) is 2.29. The molecule has 0 saturated carbocycles. The average molecular weight is 229 g/mol. The molecule has 0 radical (unpaired) electrons. The molecule has 1 heterocycles. The van der Waals surface area contributed by atoms with Gasteiger partial charge in [-0.25, -0.2) is 9.97 Å². The molecular weight excluding hydrogens is 214 g/mol. The van der Waals surface area contributed by atoms with Gasteiger partial charge in [0.2, 0.25) is 5.88 Å². The zero-order valence-electron chi connectivity index (χ0n) is 9.76. The van der Waals surface area contributed by atoms with Crippen molar-refractivity contribution in [3.05, 3.63) is 47.9 Å². The van der Waals surface area contributed by atoms with Crippen LogP contribution < -0.4 is 10.5 Å². The van der Waals surface area contributed by atoms with Crippen LogP contribution in [0.1, 0.15) is 18.2 Å². The van der Waals surface area contributed by atoms with Gasteiger partial charge >= 0.3 is 0 Å². The SMILES string of the molecule is CCc1cc(Oc2ccc(CN)cc2)ncn1. The molecule has 17 heavy (non-hydrogen) atoms. The lowest BCUT2D eigenvalue weighted by Gasteiger charge is -2.05. The summed E-state index contributed by atoms with van der Waals surface area (Å²) < 4.78 is 5.63. The number of hydrogen-bond acceptors (Lipinski definition) is 4. The molecule has 4 nitrogen and oxygen atoms in total. The maximum Gasteiger partial charge on any atom is 0.222 e. The van der Waals surface area contributed by atoms with Crippen LogP contribution in [0.3, 0.4) is 0 Å². The topological polar surface area (TPSA) is 61.0 Å². The van der Waals surface area contributed by atoms with E-state index in [0.717, 1.165) is 23.4 Å². The summed E-state index contributed by atoms with van der Waals surface area (Å²) in [5.41, 5.74) is 7.57. The van der Waals surface area contributed by atoms with Crippen molar-refractivity contribution in [3.8, 4) is 11.6 Å². The maximum absolute atomic E-state index is 5.63. The molecule has 0 fully saturated rings. The van der Waals surface area contributed by atoms with Gasteiger partial charge in [0, 0.05) is 18.3 Å². The van der Waals surface area contributed by atoms with E-state index in [9.17, 15) is 0 Å². The molecule has 0 unspecified atom stereocenters. The molecule has 1 aromatic heterocycles. The van der Waals surface area contributed by atoms with E-state index in [2.05, 4.69) is 9.97 Å². The fraction of sp³-hybridized carbons (Fsp3) is 0.231. The summed E-state index contributed by atoms with van der Waals surface area (Å²) in [6.45, 7) is 2.58. The van der Waals surface area contributed by atoms with Gasteiger partial charge in [0.1, 0.15) is 12.1 Å². The average Bonchev–Trinajstić information content (AvgIpc) is 2.40. The van der Waals surface area contributed by atoms with Crippen LogP contribution in [0.25, 0.3) is 0 Å². The number of aryl methyl sites for hydroxylation is 1. The first-order chi connectivity index (χ1) is 8.31. The van der Waals surface area contributed by atoms with Crippen LogP contribution in [-0.2, 0) is 13.0 Å². The molecule has 0 bridgehead atoms. The molecule has 2 N–H and O–H groups in total. The van der Waals surface area contributed by atoms with E-state index in [0.29, 0.717) is 12.4 Å². The Morgan fingerprint density at radius 2 is 1.94 bits per heavy atom. The summed E-state index contributed by atoms with van der Waals surface area (Å²) in [5, 5.41) is 0. The molecule has 0 saturated heterocycles. The quantitative estimate of drug-likeness (QED) is 0.873. The second-order valence-corrected chi connectivity index (χ2v) is 3.65. The van der Waals surface area contributed by atoms with Gasteiger partial charge in [-0.2, -0.15) is 0 Å². The Labute approximate surface area is 100 Å². The van der Waals surface area contributed by atoms with Crippen LogP contribution in [0.4, 0.5) is 0 Å². The third-order valence-electron chi connectivity index (χ3n) is 2.44. The zero-order chi connectivity index (χ0) is 12.1. The van der Waals surface area contributed by atoms with Crippen LogP contribution in [0.2, 0.25) is 0 Å². The van der Waals surface area contributed by atoms with Gasteiger partial charge in [-0.1, -0.05) is 19.1 Å².